The normalized spacial score (nSPS) is 14.8. The molecular weight excluding hydrogens is 412 g/mol. The fourth-order valence-corrected chi connectivity index (χ4v) is 4.50. The summed E-state index contributed by atoms with van der Waals surface area (Å²) in [6, 6.07) is 7.62. The van der Waals surface area contributed by atoms with Gasteiger partial charge in [0.05, 0.1) is 11.1 Å². The van der Waals surface area contributed by atoms with Crippen molar-refractivity contribution in [2.75, 3.05) is 18.4 Å². The maximum atomic E-state index is 13.4. The molecule has 1 amide bonds. The van der Waals surface area contributed by atoms with Crippen LogP contribution in [0.4, 0.5) is 5.13 Å². The van der Waals surface area contributed by atoms with Gasteiger partial charge in [-0.05, 0) is 25.5 Å². The largest absolute Gasteiger partial charge is 0.449 e. The van der Waals surface area contributed by atoms with E-state index in [1.165, 1.54) is 11.3 Å². The molecule has 7 nitrogen and oxygen atoms in total. The van der Waals surface area contributed by atoms with E-state index in [0.29, 0.717) is 23.7 Å². The number of anilines is 1. The summed E-state index contributed by atoms with van der Waals surface area (Å²) in [5.74, 6) is -0.847. The highest BCUT2D eigenvalue weighted by Crippen LogP contribution is 2.29. The van der Waals surface area contributed by atoms with E-state index in [4.69, 9.17) is 9.72 Å². The standard InChI is InChI=1S/C23H26N4O3S/c1-3-11-27-12-9-18-16(14-27)20(15-7-5-6-8-17(15)25-18)22(29)30-19(4-2)21(28)26-23-24-10-13-31-23/h5-8,10,13,19H,3-4,9,11-12,14H2,1-2H3,(H,24,26,28). The molecule has 162 valence electrons. The predicted molar refractivity (Wildman–Crippen MR) is 121 cm³/mol. The lowest BCUT2D eigenvalue weighted by Crippen LogP contribution is -2.35. The Labute approximate surface area is 185 Å². The molecule has 0 aliphatic carbocycles. The van der Waals surface area contributed by atoms with Gasteiger partial charge in [-0.15, -0.1) is 11.3 Å². The number of hydrogen-bond acceptors (Lipinski definition) is 7. The van der Waals surface area contributed by atoms with E-state index in [2.05, 4.69) is 22.1 Å². The molecule has 1 aliphatic rings. The third-order valence-corrected chi connectivity index (χ3v) is 6.13. The number of nitrogens with one attached hydrogen (secondary N) is 1. The van der Waals surface area contributed by atoms with Crippen LogP contribution in [0.5, 0.6) is 0 Å². The second-order valence-corrected chi connectivity index (χ2v) is 8.48. The van der Waals surface area contributed by atoms with Gasteiger partial charge in [0.1, 0.15) is 0 Å². The molecular formula is C23H26N4O3S. The molecule has 1 N–H and O–H groups in total. The SMILES string of the molecule is CCCN1CCc2nc3ccccc3c(C(=O)OC(CC)C(=O)Nc3nccs3)c2C1. The number of fused-ring (bicyclic) bond motifs is 2. The second kappa shape index (κ2) is 9.53. The number of nitrogens with zero attached hydrogens (tertiary/aromatic N) is 3. The average Bonchev–Trinajstić information content (AvgIpc) is 3.28. The summed E-state index contributed by atoms with van der Waals surface area (Å²) in [5.41, 5.74) is 3.16. The number of pyridine rings is 1. The molecule has 0 spiro atoms. The first kappa shape index (κ1) is 21.4. The Morgan fingerprint density at radius 1 is 1.29 bits per heavy atom. The molecule has 2 aromatic heterocycles. The smallest absolute Gasteiger partial charge is 0.340 e. The number of carbonyl (C=O) groups excluding carboxylic acids is 2. The number of amides is 1. The fraction of sp³-hybridized carbons (Fsp3) is 0.391. The molecule has 4 rings (SSSR count). The first-order valence-corrected chi connectivity index (χ1v) is 11.5. The third-order valence-electron chi connectivity index (χ3n) is 5.44. The van der Waals surface area contributed by atoms with Gasteiger partial charge >= 0.3 is 5.97 Å². The minimum Gasteiger partial charge on any atom is -0.449 e. The van der Waals surface area contributed by atoms with Crippen LogP contribution in [0, 0.1) is 0 Å². The minimum absolute atomic E-state index is 0.370. The molecule has 1 unspecified atom stereocenters. The van der Waals surface area contributed by atoms with Gasteiger partial charge in [-0.25, -0.2) is 9.78 Å². The number of para-hydroxylation sites is 1. The Morgan fingerprint density at radius 2 is 2.13 bits per heavy atom. The zero-order valence-electron chi connectivity index (χ0n) is 17.8. The predicted octanol–water partition coefficient (Wildman–Crippen LogP) is 4.03. The van der Waals surface area contributed by atoms with Gasteiger partial charge in [0.25, 0.3) is 5.91 Å². The van der Waals surface area contributed by atoms with Crippen LogP contribution in [0.3, 0.4) is 0 Å². The molecule has 8 heteroatoms. The molecule has 0 bridgehead atoms. The minimum atomic E-state index is -0.894. The molecule has 0 saturated heterocycles. The Balaban J connectivity index is 1.66. The van der Waals surface area contributed by atoms with Crippen LogP contribution in [-0.2, 0) is 22.5 Å². The Hall–Kier alpha value is -2.84. The highest BCUT2D eigenvalue weighted by atomic mass is 32.1. The number of hydrogen-bond donors (Lipinski definition) is 1. The lowest BCUT2D eigenvalue weighted by Gasteiger charge is -2.29. The second-order valence-electron chi connectivity index (χ2n) is 7.58. The molecule has 1 aliphatic heterocycles. The van der Waals surface area contributed by atoms with Crippen molar-refractivity contribution in [3.8, 4) is 0 Å². The molecule has 3 heterocycles. The van der Waals surface area contributed by atoms with Gasteiger partial charge in [-0.1, -0.05) is 32.0 Å². The first-order chi connectivity index (χ1) is 15.1. The number of aromatic nitrogens is 2. The summed E-state index contributed by atoms with van der Waals surface area (Å²) in [5, 5.41) is 5.75. The quantitative estimate of drug-likeness (QED) is 0.561. The number of esters is 1. The van der Waals surface area contributed by atoms with Gasteiger partial charge < -0.3 is 4.74 Å². The van der Waals surface area contributed by atoms with Crippen LogP contribution in [0.15, 0.2) is 35.8 Å². The zero-order valence-corrected chi connectivity index (χ0v) is 18.6. The lowest BCUT2D eigenvalue weighted by molar-refractivity contribution is -0.124. The van der Waals surface area contributed by atoms with Crippen molar-refractivity contribution >= 4 is 39.2 Å². The van der Waals surface area contributed by atoms with E-state index < -0.39 is 12.1 Å². The topological polar surface area (TPSA) is 84.4 Å². The summed E-state index contributed by atoms with van der Waals surface area (Å²) >= 11 is 1.32. The van der Waals surface area contributed by atoms with Crippen LogP contribution in [0.25, 0.3) is 10.9 Å². The lowest BCUT2D eigenvalue weighted by atomic mass is 9.95. The fourth-order valence-electron chi connectivity index (χ4n) is 3.97. The van der Waals surface area contributed by atoms with E-state index in [1.807, 2.05) is 31.2 Å². The Morgan fingerprint density at radius 3 is 2.87 bits per heavy atom. The Bertz CT molecular complexity index is 1080. The summed E-state index contributed by atoms with van der Waals surface area (Å²) in [6.07, 6.45) is 2.93. The van der Waals surface area contributed by atoms with Crippen LogP contribution in [0.1, 0.15) is 48.3 Å². The van der Waals surface area contributed by atoms with Crippen molar-refractivity contribution < 1.29 is 14.3 Å². The van der Waals surface area contributed by atoms with Crippen molar-refractivity contribution in [2.45, 2.75) is 45.8 Å². The molecule has 1 aromatic carbocycles. The first-order valence-electron chi connectivity index (χ1n) is 10.6. The van der Waals surface area contributed by atoms with Crippen molar-refractivity contribution in [3.63, 3.8) is 0 Å². The van der Waals surface area contributed by atoms with Crippen molar-refractivity contribution in [3.05, 3.63) is 52.7 Å². The molecule has 3 aromatic rings. The van der Waals surface area contributed by atoms with E-state index in [9.17, 15) is 9.59 Å². The number of thiazole rings is 1. The van der Waals surface area contributed by atoms with E-state index >= 15 is 0 Å². The maximum absolute atomic E-state index is 13.4. The summed E-state index contributed by atoms with van der Waals surface area (Å²) in [7, 11) is 0. The molecule has 1 atom stereocenters. The molecule has 0 saturated carbocycles. The van der Waals surface area contributed by atoms with Gasteiger partial charge in [0.15, 0.2) is 11.2 Å². The maximum Gasteiger partial charge on any atom is 0.340 e. The highest BCUT2D eigenvalue weighted by molar-refractivity contribution is 7.13. The van der Waals surface area contributed by atoms with E-state index in [-0.39, 0.29) is 5.91 Å². The van der Waals surface area contributed by atoms with Crippen molar-refractivity contribution in [1.29, 1.82) is 0 Å². The third kappa shape index (κ3) is 4.60. The van der Waals surface area contributed by atoms with Crippen LogP contribution in [-0.4, -0.2) is 45.9 Å². The monoisotopic (exact) mass is 438 g/mol. The van der Waals surface area contributed by atoms with Gasteiger partial charge in [0, 0.05) is 47.7 Å². The van der Waals surface area contributed by atoms with Crippen LogP contribution >= 0.6 is 11.3 Å². The average molecular weight is 439 g/mol. The van der Waals surface area contributed by atoms with E-state index in [0.717, 1.165) is 48.1 Å². The van der Waals surface area contributed by atoms with Gasteiger partial charge in [-0.2, -0.15) is 0 Å². The Kier molecular flexibility index (Phi) is 6.58. The number of benzene rings is 1. The number of rotatable bonds is 7. The summed E-state index contributed by atoms with van der Waals surface area (Å²) in [6.45, 7) is 6.52. The van der Waals surface area contributed by atoms with Crippen LogP contribution < -0.4 is 5.32 Å². The molecule has 0 fully saturated rings. The highest BCUT2D eigenvalue weighted by Gasteiger charge is 2.29. The van der Waals surface area contributed by atoms with Crippen molar-refractivity contribution in [1.82, 2.24) is 14.9 Å². The number of carbonyl (C=O) groups is 2. The van der Waals surface area contributed by atoms with Gasteiger partial charge in [0.2, 0.25) is 0 Å². The summed E-state index contributed by atoms with van der Waals surface area (Å²) in [4.78, 5) is 37.3. The molecule has 0 radical (unpaired) electrons. The summed E-state index contributed by atoms with van der Waals surface area (Å²) < 4.78 is 5.75. The van der Waals surface area contributed by atoms with Crippen LogP contribution in [0.2, 0.25) is 0 Å². The van der Waals surface area contributed by atoms with E-state index in [1.54, 1.807) is 11.6 Å². The zero-order chi connectivity index (χ0) is 21.8. The molecule has 31 heavy (non-hydrogen) atoms. The van der Waals surface area contributed by atoms with Crippen molar-refractivity contribution in [2.24, 2.45) is 0 Å². The number of ether oxygens (including phenoxy) is 1. The van der Waals surface area contributed by atoms with Gasteiger partial charge in [-0.3, -0.25) is 20.0 Å².